The third kappa shape index (κ3) is 4.03. The van der Waals surface area contributed by atoms with Crippen LogP contribution in [0.2, 0.25) is 0 Å². The van der Waals surface area contributed by atoms with Gasteiger partial charge in [0.2, 0.25) is 5.91 Å². The number of halogens is 3. The van der Waals surface area contributed by atoms with Crippen LogP contribution >= 0.6 is 0 Å². The number of piperidine rings is 1. The topological polar surface area (TPSA) is 77.0 Å². The summed E-state index contributed by atoms with van der Waals surface area (Å²) in [6.45, 7) is 4.76. The van der Waals surface area contributed by atoms with Gasteiger partial charge in [-0.2, -0.15) is 18.3 Å². The third-order valence-electron chi connectivity index (χ3n) is 5.38. The molecule has 0 bridgehead atoms. The highest BCUT2D eigenvalue weighted by Gasteiger charge is 2.38. The largest absolute Gasteiger partial charge is 0.417 e. The Morgan fingerprint density at radius 1 is 1.33 bits per heavy atom. The number of hydrogen-bond acceptors (Lipinski definition) is 5. The molecule has 0 aromatic carbocycles. The van der Waals surface area contributed by atoms with Gasteiger partial charge < -0.3 is 9.42 Å². The number of aryl methyl sites for hydroxylation is 3. The molecule has 1 saturated heterocycles. The molecular weight excluding hydrogens is 399 g/mol. The second kappa shape index (κ2) is 7.73. The van der Waals surface area contributed by atoms with Gasteiger partial charge in [0.05, 0.1) is 22.8 Å². The van der Waals surface area contributed by atoms with Crippen LogP contribution in [0.4, 0.5) is 13.2 Å². The van der Waals surface area contributed by atoms with Gasteiger partial charge in [-0.15, -0.1) is 0 Å². The molecule has 0 spiro atoms. The number of pyridine rings is 1. The quantitative estimate of drug-likeness (QED) is 0.640. The molecule has 7 nitrogen and oxygen atoms in total. The molecule has 10 heteroatoms. The highest BCUT2D eigenvalue weighted by molar-refractivity contribution is 5.82. The summed E-state index contributed by atoms with van der Waals surface area (Å²) in [6.07, 6.45) is 0.647. The Kier molecular flexibility index (Phi) is 5.25. The summed E-state index contributed by atoms with van der Waals surface area (Å²) in [5.41, 5.74) is 0.549. The fourth-order valence-corrected chi connectivity index (χ4v) is 3.98. The van der Waals surface area contributed by atoms with Crippen LogP contribution in [0.1, 0.15) is 47.7 Å². The van der Waals surface area contributed by atoms with Crippen LogP contribution in [0.15, 0.2) is 23.0 Å². The summed E-state index contributed by atoms with van der Waals surface area (Å²) in [6, 6.07) is 1.01. The molecule has 1 fully saturated rings. The smallest absolute Gasteiger partial charge is 0.342 e. The minimum atomic E-state index is -4.54. The van der Waals surface area contributed by atoms with Crippen LogP contribution in [-0.4, -0.2) is 43.8 Å². The first-order valence-electron chi connectivity index (χ1n) is 9.83. The molecule has 0 unspecified atom stereocenters. The number of aromatic nitrogens is 4. The van der Waals surface area contributed by atoms with E-state index in [1.807, 2.05) is 13.1 Å². The van der Waals surface area contributed by atoms with Crippen LogP contribution in [0.5, 0.6) is 0 Å². The van der Waals surface area contributed by atoms with Gasteiger partial charge in [0.1, 0.15) is 0 Å². The number of fused-ring (bicyclic) bond motifs is 1. The molecule has 0 saturated carbocycles. The lowest BCUT2D eigenvalue weighted by molar-refractivity contribution is -0.136. The van der Waals surface area contributed by atoms with Crippen LogP contribution in [0.25, 0.3) is 11.1 Å². The molecule has 1 atom stereocenters. The number of likely N-dealkylation sites (tertiary alicyclic amines) is 1. The Labute approximate surface area is 170 Å². The van der Waals surface area contributed by atoms with Crippen molar-refractivity contribution in [2.75, 3.05) is 13.1 Å². The van der Waals surface area contributed by atoms with Gasteiger partial charge >= 0.3 is 6.18 Å². The zero-order valence-corrected chi connectivity index (χ0v) is 16.7. The van der Waals surface area contributed by atoms with E-state index in [-0.39, 0.29) is 40.7 Å². The molecule has 0 aliphatic carbocycles. The number of hydrogen-bond donors (Lipinski definition) is 0. The molecule has 0 N–H and O–H groups in total. The molecule has 30 heavy (non-hydrogen) atoms. The Morgan fingerprint density at radius 2 is 2.13 bits per heavy atom. The van der Waals surface area contributed by atoms with E-state index in [1.165, 1.54) is 6.92 Å². The van der Waals surface area contributed by atoms with Crippen LogP contribution in [0, 0.1) is 13.8 Å². The van der Waals surface area contributed by atoms with Gasteiger partial charge in [-0.25, -0.2) is 4.98 Å². The van der Waals surface area contributed by atoms with Gasteiger partial charge in [-0.1, -0.05) is 5.16 Å². The second-order valence-electron chi connectivity index (χ2n) is 7.77. The first-order chi connectivity index (χ1) is 14.2. The van der Waals surface area contributed by atoms with Crippen molar-refractivity contribution in [1.82, 2.24) is 24.8 Å². The van der Waals surface area contributed by atoms with E-state index in [9.17, 15) is 18.0 Å². The summed E-state index contributed by atoms with van der Waals surface area (Å²) < 4.78 is 47.7. The van der Waals surface area contributed by atoms with Crippen molar-refractivity contribution in [3.63, 3.8) is 0 Å². The lowest BCUT2D eigenvalue weighted by Crippen LogP contribution is -2.39. The Balaban J connectivity index is 1.54. The van der Waals surface area contributed by atoms with Crippen molar-refractivity contribution in [2.45, 2.75) is 51.7 Å². The summed E-state index contributed by atoms with van der Waals surface area (Å²) >= 11 is 0. The van der Waals surface area contributed by atoms with Crippen molar-refractivity contribution in [3.05, 3.63) is 41.0 Å². The molecule has 1 aliphatic rings. The van der Waals surface area contributed by atoms with Gasteiger partial charge in [-0.05, 0) is 38.3 Å². The molecule has 3 aromatic heterocycles. The summed E-state index contributed by atoms with van der Waals surface area (Å²) in [5.74, 6) is -0.382. The Bertz CT molecular complexity index is 1070. The SMILES string of the molecule is Cc1cnn(CCC(=O)N2CCC[C@H](c3noc4nc(C)cc(C(F)(F)F)c34)C2)c1. The van der Waals surface area contributed by atoms with E-state index in [1.54, 1.807) is 15.8 Å². The summed E-state index contributed by atoms with van der Waals surface area (Å²) in [4.78, 5) is 18.4. The highest BCUT2D eigenvalue weighted by Crippen LogP contribution is 2.40. The number of nitrogens with zero attached hydrogens (tertiary/aromatic N) is 5. The number of amides is 1. The molecule has 0 radical (unpaired) electrons. The predicted molar refractivity (Wildman–Crippen MR) is 102 cm³/mol. The number of alkyl halides is 3. The minimum absolute atomic E-state index is 0.0503. The van der Waals surface area contributed by atoms with Crippen molar-refractivity contribution >= 4 is 17.0 Å². The zero-order chi connectivity index (χ0) is 21.5. The van der Waals surface area contributed by atoms with Crippen molar-refractivity contribution in [3.8, 4) is 0 Å². The third-order valence-corrected chi connectivity index (χ3v) is 5.38. The van der Waals surface area contributed by atoms with Crippen molar-refractivity contribution < 1.29 is 22.5 Å². The Hall–Kier alpha value is -2.91. The number of carbonyl (C=O) groups excluding carboxylic acids is 1. The van der Waals surface area contributed by atoms with Gasteiger partial charge in [0.25, 0.3) is 5.71 Å². The molecule has 4 rings (SSSR count). The fourth-order valence-electron chi connectivity index (χ4n) is 3.98. The van der Waals surface area contributed by atoms with E-state index < -0.39 is 11.7 Å². The van der Waals surface area contributed by atoms with Crippen molar-refractivity contribution in [2.24, 2.45) is 0 Å². The minimum Gasteiger partial charge on any atom is -0.342 e. The summed E-state index contributed by atoms with van der Waals surface area (Å²) in [7, 11) is 0. The van der Waals surface area contributed by atoms with E-state index in [4.69, 9.17) is 4.52 Å². The molecule has 4 heterocycles. The van der Waals surface area contributed by atoms with E-state index in [2.05, 4.69) is 15.2 Å². The normalized spacial score (nSPS) is 17.6. The van der Waals surface area contributed by atoms with E-state index >= 15 is 0 Å². The van der Waals surface area contributed by atoms with E-state index in [0.29, 0.717) is 32.5 Å². The number of rotatable bonds is 4. The average molecular weight is 421 g/mol. The fraction of sp³-hybridized carbons (Fsp3) is 0.500. The monoisotopic (exact) mass is 421 g/mol. The predicted octanol–water partition coefficient (Wildman–Crippen LogP) is 3.85. The standard InChI is InChI=1S/C20H22F3N5O2/c1-12-9-24-28(10-12)7-5-16(29)27-6-3-4-14(11-27)18-17-15(20(21,22)23)8-13(2)25-19(17)30-26-18/h8-10,14H,3-7,11H2,1-2H3/t14-/m0/s1. The molecule has 1 amide bonds. The average Bonchev–Trinajstić information content (AvgIpc) is 3.30. The maximum atomic E-state index is 13.6. The van der Waals surface area contributed by atoms with Crippen molar-refractivity contribution in [1.29, 1.82) is 0 Å². The van der Waals surface area contributed by atoms with Gasteiger partial charge in [0.15, 0.2) is 0 Å². The molecular formula is C20H22F3N5O2. The first kappa shape index (κ1) is 20.4. The maximum absolute atomic E-state index is 13.6. The van der Waals surface area contributed by atoms with Crippen LogP contribution in [0.3, 0.4) is 0 Å². The lowest BCUT2D eigenvalue weighted by Gasteiger charge is -2.32. The highest BCUT2D eigenvalue weighted by atomic mass is 19.4. The number of carbonyl (C=O) groups is 1. The van der Waals surface area contributed by atoms with Gasteiger partial charge in [0, 0.05) is 43.9 Å². The Morgan fingerprint density at radius 3 is 2.83 bits per heavy atom. The lowest BCUT2D eigenvalue weighted by atomic mass is 9.91. The van der Waals surface area contributed by atoms with Crippen LogP contribution < -0.4 is 0 Å². The maximum Gasteiger partial charge on any atom is 0.417 e. The second-order valence-corrected chi connectivity index (χ2v) is 7.77. The van der Waals surface area contributed by atoms with Crippen LogP contribution in [-0.2, 0) is 17.5 Å². The molecule has 1 aliphatic heterocycles. The first-order valence-corrected chi connectivity index (χ1v) is 9.83. The molecule has 160 valence electrons. The van der Waals surface area contributed by atoms with E-state index in [0.717, 1.165) is 11.6 Å². The summed E-state index contributed by atoms with van der Waals surface area (Å²) in [5, 5.41) is 8.01. The zero-order valence-electron chi connectivity index (χ0n) is 16.7. The van der Waals surface area contributed by atoms with Gasteiger partial charge in [-0.3, -0.25) is 9.48 Å². The molecule has 3 aromatic rings.